The van der Waals surface area contributed by atoms with Crippen LogP contribution in [-0.4, -0.2) is 15.5 Å². The molecule has 4 nitrogen and oxygen atoms in total. The second-order valence-corrected chi connectivity index (χ2v) is 6.15. The van der Waals surface area contributed by atoms with E-state index in [1.807, 2.05) is 6.07 Å². The van der Waals surface area contributed by atoms with Crippen molar-refractivity contribution < 1.29 is 17.2 Å². The Morgan fingerprint density at radius 3 is 2.38 bits per heavy atom. The SMILES string of the molecule is CN(c1ccccc1C#N)S(=O)(=O)c1ccc(F)c(F)c1. The van der Waals surface area contributed by atoms with Crippen LogP contribution < -0.4 is 4.31 Å². The molecule has 0 amide bonds. The van der Waals surface area contributed by atoms with Crippen molar-refractivity contribution in [2.75, 3.05) is 11.4 Å². The lowest BCUT2D eigenvalue weighted by molar-refractivity contribution is 0.504. The van der Waals surface area contributed by atoms with Crippen molar-refractivity contribution in [3.63, 3.8) is 0 Å². The third-order valence-corrected chi connectivity index (χ3v) is 4.68. The minimum atomic E-state index is -4.09. The van der Waals surface area contributed by atoms with Crippen LogP contribution >= 0.6 is 0 Å². The molecule has 108 valence electrons. The van der Waals surface area contributed by atoms with E-state index >= 15 is 0 Å². The summed E-state index contributed by atoms with van der Waals surface area (Å²) in [6, 6.07) is 10.3. The number of benzene rings is 2. The third kappa shape index (κ3) is 2.71. The predicted molar refractivity (Wildman–Crippen MR) is 73.1 cm³/mol. The molecule has 0 aromatic heterocycles. The van der Waals surface area contributed by atoms with E-state index in [-0.39, 0.29) is 11.3 Å². The fraction of sp³-hybridized carbons (Fsp3) is 0.0714. The van der Waals surface area contributed by atoms with Crippen LogP contribution in [0.15, 0.2) is 47.4 Å². The first-order chi connectivity index (χ1) is 9.87. The van der Waals surface area contributed by atoms with Gasteiger partial charge in [0.2, 0.25) is 0 Å². The Hall–Kier alpha value is -2.46. The van der Waals surface area contributed by atoms with Gasteiger partial charge in [0, 0.05) is 7.05 Å². The Bertz CT molecular complexity index is 829. The van der Waals surface area contributed by atoms with Crippen molar-refractivity contribution >= 4 is 15.7 Å². The van der Waals surface area contributed by atoms with Crippen molar-refractivity contribution in [2.45, 2.75) is 4.90 Å². The molecule has 0 bridgehead atoms. The summed E-state index contributed by atoms with van der Waals surface area (Å²) in [5.41, 5.74) is 0.316. The summed E-state index contributed by atoms with van der Waals surface area (Å²) in [6.07, 6.45) is 0. The highest BCUT2D eigenvalue weighted by Gasteiger charge is 2.24. The number of sulfonamides is 1. The van der Waals surface area contributed by atoms with Gasteiger partial charge >= 0.3 is 0 Å². The van der Waals surface area contributed by atoms with Crippen LogP contribution in [0.25, 0.3) is 0 Å². The van der Waals surface area contributed by atoms with Gasteiger partial charge in [0.1, 0.15) is 6.07 Å². The highest BCUT2D eigenvalue weighted by molar-refractivity contribution is 7.92. The Morgan fingerprint density at radius 2 is 1.76 bits per heavy atom. The van der Waals surface area contributed by atoms with E-state index in [4.69, 9.17) is 5.26 Å². The predicted octanol–water partition coefficient (Wildman–Crippen LogP) is 2.66. The molecule has 2 aromatic rings. The van der Waals surface area contributed by atoms with Gasteiger partial charge < -0.3 is 0 Å². The van der Waals surface area contributed by atoms with E-state index in [0.29, 0.717) is 6.07 Å². The van der Waals surface area contributed by atoms with Crippen LogP contribution in [0, 0.1) is 23.0 Å². The number of nitriles is 1. The Morgan fingerprint density at radius 1 is 1.10 bits per heavy atom. The van der Waals surface area contributed by atoms with Crippen molar-refractivity contribution in [3.05, 3.63) is 59.7 Å². The molecule has 0 N–H and O–H groups in total. The van der Waals surface area contributed by atoms with Gasteiger partial charge in [0.15, 0.2) is 11.6 Å². The first-order valence-corrected chi connectivity index (χ1v) is 7.25. The average Bonchev–Trinajstić information content (AvgIpc) is 2.49. The second kappa shape index (κ2) is 5.50. The highest BCUT2D eigenvalue weighted by atomic mass is 32.2. The molecule has 0 atom stereocenters. The normalized spacial score (nSPS) is 11.0. The summed E-state index contributed by atoms with van der Waals surface area (Å²) >= 11 is 0. The van der Waals surface area contributed by atoms with Crippen LogP contribution in [0.3, 0.4) is 0 Å². The maximum absolute atomic E-state index is 13.2. The van der Waals surface area contributed by atoms with Gasteiger partial charge in [-0.2, -0.15) is 5.26 Å². The molecule has 0 radical (unpaired) electrons. The Labute approximate surface area is 120 Å². The number of rotatable bonds is 3. The minimum Gasteiger partial charge on any atom is -0.268 e. The minimum absolute atomic E-state index is 0.157. The van der Waals surface area contributed by atoms with Gasteiger partial charge in [0.25, 0.3) is 10.0 Å². The number of hydrogen-bond donors (Lipinski definition) is 0. The summed E-state index contributed by atoms with van der Waals surface area (Å²) in [5, 5.41) is 9.00. The smallest absolute Gasteiger partial charge is 0.264 e. The average molecular weight is 308 g/mol. The summed E-state index contributed by atoms with van der Waals surface area (Å²) in [5.74, 6) is -2.38. The molecule has 2 aromatic carbocycles. The van der Waals surface area contributed by atoms with E-state index in [0.717, 1.165) is 16.4 Å². The zero-order chi connectivity index (χ0) is 15.6. The van der Waals surface area contributed by atoms with E-state index in [9.17, 15) is 17.2 Å². The topological polar surface area (TPSA) is 61.2 Å². The molecular formula is C14H10F2N2O2S. The lowest BCUT2D eigenvalue weighted by Gasteiger charge is -2.20. The summed E-state index contributed by atoms with van der Waals surface area (Å²) < 4.78 is 51.8. The monoisotopic (exact) mass is 308 g/mol. The molecule has 0 saturated heterocycles. The molecule has 0 saturated carbocycles. The van der Waals surface area contributed by atoms with Crippen molar-refractivity contribution in [1.82, 2.24) is 0 Å². The maximum Gasteiger partial charge on any atom is 0.264 e. The van der Waals surface area contributed by atoms with Crippen LogP contribution in [0.1, 0.15) is 5.56 Å². The third-order valence-electron chi connectivity index (χ3n) is 2.91. The largest absolute Gasteiger partial charge is 0.268 e. The van der Waals surface area contributed by atoms with Crippen molar-refractivity contribution in [3.8, 4) is 6.07 Å². The van der Waals surface area contributed by atoms with Crippen molar-refractivity contribution in [2.24, 2.45) is 0 Å². The molecule has 0 spiro atoms. The lowest BCUT2D eigenvalue weighted by atomic mass is 10.2. The van der Waals surface area contributed by atoms with Gasteiger partial charge in [-0.1, -0.05) is 12.1 Å². The van der Waals surface area contributed by atoms with Gasteiger partial charge in [-0.05, 0) is 30.3 Å². The van der Waals surface area contributed by atoms with Gasteiger partial charge in [0.05, 0.1) is 16.1 Å². The molecule has 0 aliphatic carbocycles. The fourth-order valence-electron chi connectivity index (χ4n) is 1.77. The molecular weight excluding hydrogens is 298 g/mol. The van der Waals surface area contributed by atoms with Gasteiger partial charge in [-0.25, -0.2) is 17.2 Å². The standard InChI is InChI=1S/C14H10F2N2O2S/c1-18(14-5-3-2-4-10(14)9-17)21(19,20)11-6-7-12(15)13(16)8-11/h2-8H,1H3. The van der Waals surface area contributed by atoms with Crippen LogP contribution in [-0.2, 0) is 10.0 Å². The van der Waals surface area contributed by atoms with E-state index in [1.165, 1.54) is 19.2 Å². The molecule has 0 aliphatic rings. The van der Waals surface area contributed by atoms with E-state index < -0.39 is 26.6 Å². The second-order valence-electron chi connectivity index (χ2n) is 4.18. The van der Waals surface area contributed by atoms with Gasteiger partial charge in [-0.15, -0.1) is 0 Å². The number of nitrogens with zero attached hydrogens (tertiary/aromatic N) is 2. The fourth-order valence-corrected chi connectivity index (χ4v) is 2.99. The first kappa shape index (κ1) is 14.9. The highest BCUT2D eigenvalue weighted by Crippen LogP contribution is 2.25. The Kier molecular flexibility index (Phi) is 3.91. The number of hydrogen-bond acceptors (Lipinski definition) is 3. The van der Waals surface area contributed by atoms with Crippen LogP contribution in [0.4, 0.5) is 14.5 Å². The van der Waals surface area contributed by atoms with Crippen molar-refractivity contribution in [1.29, 1.82) is 5.26 Å². The molecule has 0 heterocycles. The molecule has 21 heavy (non-hydrogen) atoms. The zero-order valence-corrected chi connectivity index (χ0v) is 11.7. The van der Waals surface area contributed by atoms with Crippen LogP contribution in [0.2, 0.25) is 0 Å². The number of para-hydroxylation sites is 1. The Balaban J connectivity index is 2.53. The number of halogens is 2. The van der Waals surface area contributed by atoms with E-state index in [1.54, 1.807) is 12.1 Å². The summed E-state index contributed by atoms with van der Waals surface area (Å²) in [6.45, 7) is 0. The van der Waals surface area contributed by atoms with E-state index in [2.05, 4.69) is 0 Å². The lowest BCUT2D eigenvalue weighted by Crippen LogP contribution is -2.27. The summed E-state index contributed by atoms with van der Waals surface area (Å²) in [7, 11) is -2.85. The quantitative estimate of drug-likeness (QED) is 0.876. The molecule has 7 heteroatoms. The number of anilines is 1. The first-order valence-electron chi connectivity index (χ1n) is 5.81. The molecule has 2 rings (SSSR count). The van der Waals surface area contributed by atoms with Crippen LogP contribution in [0.5, 0.6) is 0 Å². The molecule has 0 fully saturated rings. The maximum atomic E-state index is 13.2. The molecule has 0 aliphatic heterocycles. The zero-order valence-electron chi connectivity index (χ0n) is 10.9. The summed E-state index contributed by atoms with van der Waals surface area (Å²) in [4.78, 5) is -0.392. The molecule has 0 unspecified atom stereocenters. The van der Waals surface area contributed by atoms with Gasteiger partial charge in [-0.3, -0.25) is 4.31 Å².